The molecule has 0 saturated heterocycles. The van der Waals surface area contributed by atoms with Crippen molar-refractivity contribution in [3.05, 3.63) is 58.4 Å². The maximum Gasteiger partial charge on any atom is 0.335 e. The van der Waals surface area contributed by atoms with E-state index in [9.17, 15) is 19.1 Å². The minimum atomic E-state index is -1.02. The van der Waals surface area contributed by atoms with Crippen LogP contribution in [0.5, 0.6) is 5.75 Å². The molecule has 140 valence electrons. The first-order valence-electron chi connectivity index (χ1n) is 8.70. The number of benzene rings is 2. The molecule has 1 heterocycles. The van der Waals surface area contributed by atoms with Crippen LogP contribution >= 0.6 is 11.6 Å². The van der Waals surface area contributed by atoms with Crippen molar-refractivity contribution in [2.75, 3.05) is 5.32 Å². The number of carboxylic acid groups (broad SMARTS) is 1. The molecule has 2 aromatic carbocycles. The molecule has 1 aliphatic heterocycles. The van der Waals surface area contributed by atoms with Crippen molar-refractivity contribution in [1.29, 1.82) is 0 Å². The number of ether oxygens (including phenoxy) is 1. The molecule has 0 aromatic heterocycles. The van der Waals surface area contributed by atoms with Crippen molar-refractivity contribution in [3.8, 4) is 5.75 Å². The maximum absolute atomic E-state index is 13.2. The highest BCUT2D eigenvalue weighted by molar-refractivity contribution is 6.32. The smallest absolute Gasteiger partial charge is 0.335 e. The lowest BCUT2D eigenvalue weighted by Crippen LogP contribution is -2.41. The van der Waals surface area contributed by atoms with Gasteiger partial charge in [0, 0.05) is 5.69 Å². The third kappa shape index (κ3) is 3.04. The number of carboxylic acids is 1. The summed E-state index contributed by atoms with van der Waals surface area (Å²) in [5, 5.41) is 12.3. The maximum atomic E-state index is 13.2. The molecule has 1 spiro atoms. The van der Waals surface area contributed by atoms with Gasteiger partial charge in [0.1, 0.15) is 11.6 Å². The van der Waals surface area contributed by atoms with Crippen LogP contribution in [0.4, 0.5) is 10.1 Å². The normalized spacial score (nSPS) is 23.8. The van der Waals surface area contributed by atoms with Crippen LogP contribution in [-0.4, -0.2) is 23.1 Å². The number of fused-ring (bicyclic) bond motifs is 2. The zero-order valence-corrected chi connectivity index (χ0v) is 15.1. The number of halogens is 2. The molecular formula is C20H17ClFNO4. The Hall–Kier alpha value is -2.60. The van der Waals surface area contributed by atoms with Gasteiger partial charge in [0.05, 0.1) is 22.1 Å². The zero-order chi connectivity index (χ0) is 19.2. The van der Waals surface area contributed by atoms with Crippen molar-refractivity contribution in [1.82, 2.24) is 0 Å². The van der Waals surface area contributed by atoms with E-state index in [0.717, 1.165) is 5.56 Å². The van der Waals surface area contributed by atoms with Crippen molar-refractivity contribution >= 4 is 29.2 Å². The van der Waals surface area contributed by atoms with E-state index >= 15 is 0 Å². The fraction of sp³-hybridized carbons (Fsp3) is 0.300. The molecule has 1 amide bonds. The summed E-state index contributed by atoms with van der Waals surface area (Å²) in [6.45, 7) is 0. The summed E-state index contributed by atoms with van der Waals surface area (Å²) in [6, 6.07) is 8.72. The molecule has 5 nitrogen and oxygen atoms in total. The molecule has 2 aromatic rings. The molecule has 0 unspecified atom stereocenters. The first-order valence-corrected chi connectivity index (χ1v) is 9.08. The van der Waals surface area contributed by atoms with Crippen LogP contribution in [-0.2, 0) is 10.2 Å². The highest BCUT2D eigenvalue weighted by atomic mass is 35.5. The van der Waals surface area contributed by atoms with Crippen LogP contribution in [0.25, 0.3) is 0 Å². The van der Waals surface area contributed by atoms with Gasteiger partial charge in [0.25, 0.3) is 0 Å². The number of carbonyl (C=O) groups is 2. The molecule has 27 heavy (non-hydrogen) atoms. The van der Waals surface area contributed by atoms with Gasteiger partial charge in [-0.1, -0.05) is 11.6 Å². The van der Waals surface area contributed by atoms with Gasteiger partial charge < -0.3 is 15.2 Å². The fourth-order valence-electron chi connectivity index (χ4n) is 4.00. The van der Waals surface area contributed by atoms with E-state index in [-0.39, 0.29) is 22.6 Å². The Bertz CT molecular complexity index is 938. The summed E-state index contributed by atoms with van der Waals surface area (Å²) < 4.78 is 19.1. The third-order valence-corrected chi connectivity index (χ3v) is 5.73. The quantitative estimate of drug-likeness (QED) is 0.816. The van der Waals surface area contributed by atoms with Crippen LogP contribution in [0, 0.1) is 5.82 Å². The van der Waals surface area contributed by atoms with E-state index in [1.165, 1.54) is 24.3 Å². The summed E-state index contributed by atoms with van der Waals surface area (Å²) >= 11 is 6.02. The molecule has 4 rings (SSSR count). The van der Waals surface area contributed by atoms with Crippen molar-refractivity contribution in [2.45, 2.75) is 37.2 Å². The first kappa shape index (κ1) is 17.8. The zero-order valence-electron chi connectivity index (χ0n) is 14.3. The SMILES string of the molecule is O=C(O)c1ccc2c(c1)[C@]1(CC[C@@H](Oc3ccc(F)cc3Cl)CC1)C(=O)N2. The molecule has 2 aliphatic rings. The fourth-order valence-corrected chi connectivity index (χ4v) is 4.21. The van der Waals surface area contributed by atoms with Crippen molar-refractivity contribution in [2.24, 2.45) is 0 Å². The molecule has 0 radical (unpaired) electrons. The molecule has 1 saturated carbocycles. The monoisotopic (exact) mass is 389 g/mol. The molecule has 1 fully saturated rings. The molecule has 7 heteroatoms. The van der Waals surface area contributed by atoms with E-state index < -0.39 is 17.2 Å². The molecule has 1 aliphatic carbocycles. The van der Waals surface area contributed by atoms with Gasteiger partial charge in [-0.05, 0) is 67.6 Å². The molecule has 0 bridgehead atoms. The molecule has 0 atom stereocenters. The first-order chi connectivity index (χ1) is 12.9. The minimum absolute atomic E-state index is 0.0988. The van der Waals surface area contributed by atoms with E-state index in [4.69, 9.17) is 16.3 Å². The number of amides is 1. The van der Waals surface area contributed by atoms with E-state index in [1.54, 1.807) is 12.1 Å². The second-order valence-electron chi connectivity index (χ2n) is 6.99. The number of anilines is 1. The van der Waals surface area contributed by atoms with E-state index in [2.05, 4.69) is 5.32 Å². The Morgan fingerprint density at radius 2 is 1.96 bits per heavy atom. The lowest BCUT2D eigenvalue weighted by Gasteiger charge is -2.36. The van der Waals surface area contributed by atoms with Gasteiger partial charge in [0.15, 0.2) is 0 Å². The summed E-state index contributed by atoms with van der Waals surface area (Å²) in [5.41, 5.74) is 0.852. The predicted octanol–water partition coefficient (Wildman–Crippen LogP) is 4.39. The van der Waals surface area contributed by atoms with Gasteiger partial charge in [-0.25, -0.2) is 9.18 Å². The largest absolute Gasteiger partial charge is 0.489 e. The summed E-state index contributed by atoms with van der Waals surface area (Å²) in [4.78, 5) is 24.0. The molecular weight excluding hydrogens is 373 g/mol. The van der Waals surface area contributed by atoms with Crippen molar-refractivity contribution in [3.63, 3.8) is 0 Å². The lowest BCUT2D eigenvalue weighted by molar-refractivity contribution is -0.122. The van der Waals surface area contributed by atoms with Crippen LogP contribution in [0.3, 0.4) is 0 Å². The Kier molecular flexibility index (Phi) is 4.30. The van der Waals surface area contributed by atoms with E-state index in [1.807, 2.05) is 0 Å². The Labute approximate surface area is 160 Å². The van der Waals surface area contributed by atoms with Crippen molar-refractivity contribution < 1.29 is 23.8 Å². The highest BCUT2D eigenvalue weighted by Gasteiger charge is 2.49. The summed E-state index contributed by atoms with van der Waals surface area (Å²) in [6.07, 6.45) is 2.16. The average Bonchev–Trinajstić information content (AvgIpc) is 2.90. The standard InChI is InChI=1S/C20H17ClFNO4/c21-15-10-12(22)2-4-17(15)27-13-5-7-20(8-6-13)14-9-11(18(24)25)1-3-16(14)23-19(20)26/h1-4,9-10,13H,5-8H2,(H,23,26)(H,24,25)/t13-,20-. The van der Waals surface area contributed by atoms with Crippen LogP contribution in [0.15, 0.2) is 36.4 Å². The van der Waals surface area contributed by atoms with Gasteiger partial charge >= 0.3 is 5.97 Å². The number of hydrogen-bond donors (Lipinski definition) is 2. The molecule has 2 N–H and O–H groups in total. The number of carbonyl (C=O) groups excluding carboxylic acids is 1. The Balaban J connectivity index is 1.54. The third-order valence-electron chi connectivity index (χ3n) is 5.44. The highest BCUT2D eigenvalue weighted by Crippen LogP contribution is 2.48. The number of aromatic carboxylic acids is 1. The Morgan fingerprint density at radius 1 is 1.22 bits per heavy atom. The van der Waals surface area contributed by atoms with Crippen LogP contribution in [0.2, 0.25) is 5.02 Å². The number of rotatable bonds is 3. The lowest BCUT2D eigenvalue weighted by atomic mass is 9.69. The van der Waals surface area contributed by atoms with E-state index in [0.29, 0.717) is 37.1 Å². The minimum Gasteiger partial charge on any atom is -0.489 e. The number of hydrogen-bond acceptors (Lipinski definition) is 3. The second kappa shape index (κ2) is 6.53. The van der Waals surface area contributed by atoms with Crippen LogP contribution in [0.1, 0.15) is 41.6 Å². The predicted molar refractivity (Wildman–Crippen MR) is 98.0 cm³/mol. The van der Waals surface area contributed by atoms with Gasteiger partial charge in [-0.15, -0.1) is 0 Å². The number of nitrogens with one attached hydrogen (secondary N) is 1. The average molecular weight is 390 g/mol. The second-order valence-corrected chi connectivity index (χ2v) is 7.40. The van der Waals surface area contributed by atoms with Gasteiger partial charge in [0.2, 0.25) is 5.91 Å². The topological polar surface area (TPSA) is 75.6 Å². The summed E-state index contributed by atoms with van der Waals surface area (Å²) in [7, 11) is 0. The van der Waals surface area contributed by atoms with Crippen LogP contribution < -0.4 is 10.1 Å². The summed E-state index contributed by atoms with van der Waals surface area (Å²) in [5.74, 6) is -1.12. The van der Waals surface area contributed by atoms with Gasteiger partial charge in [-0.2, -0.15) is 0 Å². The Morgan fingerprint density at radius 3 is 2.63 bits per heavy atom. The van der Waals surface area contributed by atoms with Gasteiger partial charge in [-0.3, -0.25) is 4.79 Å².